The van der Waals surface area contributed by atoms with Crippen LogP contribution in [0.1, 0.15) is 16.0 Å². The summed E-state index contributed by atoms with van der Waals surface area (Å²) in [6.45, 7) is 2.12. The third-order valence-electron chi connectivity index (χ3n) is 3.86. The van der Waals surface area contributed by atoms with E-state index in [1.165, 1.54) is 27.3 Å². The van der Waals surface area contributed by atoms with Gasteiger partial charge in [0.05, 0.1) is 5.69 Å². The maximum Gasteiger partial charge on any atom is 0.126 e. The van der Waals surface area contributed by atoms with E-state index in [-0.39, 0.29) is 0 Å². The van der Waals surface area contributed by atoms with Gasteiger partial charge in [-0.25, -0.2) is 4.98 Å². The number of aryl methyl sites for hydroxylation is 3. The lowest BCUT2D eigenvalue weighted by molar-refractivity contribution is 0.955. The second-order valence-electron chi connectivity index (χ2n) is 5.14. The van der Waals surface area contributed by atoms with E-state index in [0.29, 0.717) is 0 Å². The molecular formula is C17H14N2S. The van der Waals surface area contributed by atoms with Gasteiger partial charge in [0, 0.05) is 28.4 Å². The molecule has 1 aliphatic rings. The van der Waals surface area contributed by atoms with E-state index in [1.807, 2.05) is 29.8 Å². The van der Waals surface area contributed by atoms with E-state index >= 15 is 0 Å². The van der Waals surface area contributed by atoms with Crippen LogP contribution in [0, 0.1) is 6.92 Å². The highest BCUT2D eigenvalue weighted by atomic mass is 32.1. The number of hydrogen-bond acceptors (Lipinski definition) is 3. The van der Waals surface area contributed by atoms with Crippen LogP contribution in [0.25, 0.3) is 21.8 Å². The van der Waals surface area contributed by atoms with Crippen molar-refractivity contribution in [3.8, 4) is 21.8 Å². The van der Waals surface area contributed by atoms with Crippen LogP contribution in [-0.4, -0.2) is 9.97 Å². The van der Waals surface area contributed by atoms with Gasteiger partial charge in [-0.05, 0) is 37.0 Å². The fourth-order valence-corrected chi connectivity index (χ4v) is 3.90. The summed E-state index contributed by atoms with van der Waals surface area (Å²) in [4.78, 5) is 10.5. The molecule has 0 bridgehead atoms. The van der Waals surface area contributed by atoms with Gasteiger partial charge in [0.15, 0.2) is 0 Å². The Bertz CT molecular complexity index is 789. The van der Waals surface area contributed by atoms with E-state index in [1.54, 1.807) is 0 Å². The molecule has 3 aromatic rings. The first-order valence-corrected chi connectivity index (χ1v) is 7.63. The van der Waals surface area contributed by atoms with Gasteiger partial charge in [0.25, 0.3) is 0 Å². The number of rotatable bonds is 1. The third kappa shape index (κ3) is 1.78. The predicted octanol–water partition coefficient (Wildman–Crippen LogP) is 4.28. The molecule has 0 atom stereocenters. The topological polar surface area (TPSA) is 25.8 Å². The minimum atomic E-state index is 1.09. The molecule has 2 aromatic heterocycles. The first-order chi connectivity index (χ1) is 9.83. The van der Waals surface area contributed by atoms with Crippen LogP contribution in [0.3, 0.4) is 0 Å². The Morgan fingerprint density at radius 2 is 1.95 bits per heavy atom. The summed E-state index contributed by atoms with van der Waals surface area (Å²) in [5.74, 6) is 0. The van der Waals surface area contributed by atoms with Crippen LogP contribution in [0.2, 0.25) is 0 Å². The molecule has 0 N–H and O–H groups in total. The maximum absolute atomic E-state index is 4.90. The summed E-state index contributed by atoms with van der Waals surface area (Å²) in [6.07, 6.45) is 5.98. The summed E-state index contributed by atoms with van der Waals surface area (Å²) in [5.41, 5.74) is 6.29. The van der Waals surface area contributed by atoms with Crippen molar-refractivity contribution in [2.75, 3.05) is 0 Å². The fraction of sp³-hybridized carbons (Fsp3) is 0.176. The largest absolute Gasteiger partial charge is 0.264 e. The van der Waals surface area contributed by atoms with Gasteiger partial charge in [-0.3, -0.25) is 4.98 Å². The standard InChI is InChI=1S/C17H14N2S/c1-11-8-9-18-10-14(11)17-19-16-13-5-3-2-4-12(13)6-7-15(16)20-17/h2-5,8-10H,6-7H2,1H3. The van der Waals surface area contributed by atoms with Crippen LogP contribution in [0.4, 0.5) is 0 Å². The highest BCUT2D eigenvalue weighted by molar-refractivity contribution is 7.15. The Labute approximate surface area is 122 Å². The van der Waals surface area contributed by atoms with Crippen LogP contribution in [0.5, 0.6) is 0 Å². The van der Waals surface area contributed by atoms with Crippen molar-refractivity contribution in [2.24, 2.45) is 0 Å². The van der Waals surface area contributed by atoms with Crippen molar-refractivity contribution < 1.29 is 0 Å². The number of thiazole rings is 1. The second-order valence-corrected chi connectivity index (χ2v) is 6.22. The summed E-state index contributed by atoms with van der Waals surface area (Å²) in [7, 11) is 0. The molecule has 2 nitrogen and oxygen atoms in total. The second kappa shape index (κ2) is 4.53. The van der Waals surface area contributed by atoms with Crippen molar-refractivity contribution in [3.63, 3.8) is 0 Å². The summed E-state index contributed by atoms with van der Waals surface area (Å²) in [5, 5.41) is 1.09. The first kappa shape index (κ1) is 11.8. The lowest BCUT2D eigenvalue weighted by atomic mass is 9.94. The van der Waals surface area contributed by atoms with E-state index < -0.39 is 0 Å². The molecule has 0 aliphatic heterocycles. The Hall–Kier alpha value is -2.00. The highest BCUT2D eigenvalue weighted by Gasteiger charge is 2.21. The molecular weight excluding hydrogens is 264 g/mol. The summed E-state index contributed by atoms with van der Waals surface area (Å²) in [6, 6.07) is 10.7. The van der Waals surface area contributed by atoms with Crippen molar-refractivity contribution in [1.82, 2.24) is 9.97 Å². The van der Waals surface area contributed by atoms with Gasteiger partial charge in [0.1, 0.15) is 5.01 Å². The normalized spacial score (nSPS) is 12.8. The molecule has 3 heteroatoms. The van der Waals surface area contributed by atoms with E-state index in [2.05, 4.69) is 36.2 Å². The third-order valence-corrected chi connectivity index (χ3v) is 5.01. The smallest absolute Gasteiger partial charge is 0.126 e. The van der Waals surface area contributed by atoms with E-state index in [4.69, 9.17) is 4.98 Å². The lowest BCUT2D eigenvalue weighted by Gasteiger charge is -2.13. The lowest BCUT2D eigenvalue weighted by Crippen LogP contribution is -2.01. The number of pyridine rings is 1. The molecule has 0 saturated carbocycles. The van der Waals surface area contributed by atoms with Crippen LogP contribution in [-0.2, 0) is 12.8 Å². The molecule has 0 amide bonds. The molecule has 4 rings (SSSR count). The molecule has 0 saturated heterocycles. The van der Waals surface area contributed by atoms with Crippen LogP contribution < -0.4 is 0 Å². The van der Waals surface area contributed by atoms with E-state index in [0.717, 1.165) is 23.4 Å². The summed E-state index contributed by atoms with van der Waals surface area (Å²) >= 11 is 1.82. The number of nitrogens with zero attached hydrogens (tertiary/aromatic N) is 2. The molecule has 1 aliphatic carbocycles. The zero-order valence-electron chi connectivity index (χ0n) is 11.3. The minimum absolute atomic E-state index is 1.09. The minimum Gasteiger partial charge on any atom is -0.264 e. The zero-order chi connectivity index (χ0) is 13.5. The van der Waals surface area contributed by atoms with Crippen molar-refractivity contribution >= 4 is 11.3 Å². The van der Waals surface area contributed by atoms with Crippen molar-refractivity contribution in [1.29, 1.82) is 0 Å². The Kier molecular flexibility index (Phi) is 2.67. The number of fused-ring (bicyclic) bond motifs is 3. The Morgan fingerprint density at radius 1 is 1.05 bits per heavy atom. The molecule has 20 heavy (non-hydrogen) atoms. The van der Waals surface area contributed by atoms with Gasteiger partial charge in [-0.1, -0.05) is 24.3 Å². The molecule has 2 heterocycles. The van der Waals surface area contributed by atoms with Crippen LogP contribution in [0.15, 0.2) is 42.7 Å². The summed E-state index contributed by atoms with van der Waals surface area (Å²) < 4.78 is 0. The fourth-order valence-electron chi connectivity index (χ4n) is 2.75. The molecule has 0 fully saturated rings. The number of hydrogen-bond donors (Lipinski definition) is 0. The van der Waals surface area contributed by atoms with Gasteiger partial charge in [0.2, 0.25) is 0 Å². The number of aromatic nitrogens is 2. The predicted molar refractivity (Wildman–Crippen MR) is 82.9 cm³/mol. The highest BCUT2D eigenvalue weighted by Crippen LogP contribution is 2.39. The van der Waals surface area contributed by atoms with E-state index in [9.17, 15) is 0 Å². The zero-order valence-corrected chi connectivity index (χ0v) is 12.1. The average molecular weight is 278 g/mol. The Balaban J connectivity index is 1.89. The van der Waals surface area contributed by atoms with Crippen LogP contribution >= 0.6 is 11.3 Å². The monoisotopic (exact) mass is 278 g/mol. The molecule has 0 spiro atoms. The van der Waals surface area contributed by atoms with Gasteiger partial charge in [-0.2, -0.15) is 0 Å². The van der Waals surface area contributed by atoms with Gasteiger partial charge >= 0.3 is 0 Å². The maximum atomic E-state index is 4.90. The quantitative estimate of drug-likeness (QED) is 0.664. The van der Waals surface area contributed by atoms with Crippen molar-refractivity contribution in [2.45, 2.75) is 19.8 Å². The molecule has 0 radical (unpaired) electrons. The SMILES string of the molecule is Cc1ccncc1-c1nc2c(s1)CCc1ccccc1-2. The molecule has 0 unspecified atom stereocenters. The molecule has 1 aromatic carbocycles. The average Bonchev–Trinajstić information content (AvgIpc) is 2.92. The molecule has 98 valence electrons. The Morgan fingerprint density at radius 3 is 2.85 bits per heavy atom. The number of benzene rings is 1. The van der Waals surface area contributed by atoms with Crippen molar-refractivity contribution in [3.05, 3.63) is 58.7 Å². The first-order valence-electron chi connectivity index (χ1n) is 6.82. The van der Waals surface area contributed by atoms with Gasteiger partial charge in [-0.15, -0.1) is 11.3 Å². The van der Waals surface area contributed by atoms with Gasteiger partial charge < -0.3 is 0 Å².